The quantitative estimate of drug-likeness (QED) is 0.435. The number of benzene rings is 3. The van der Waals surface area contributed by atoms with Crippen molar-refractivity contribution in [3.05, 3.63) is 107 Å². The molecule has 0 aliphatic rings. The first-order chi connectivity index (χ1) is 14.8. The number of hydrogen-bond acceptors (Lipinski definition) is 4. The van der Waals surface area contributed by atoms with Crippen molar-refractivity contribution < 1.29 is 19.2 Å². The van der Waals surface area contributed by atoms with Crippen molar-refractivity contribution >= 4 is 23.6 Å². The Morgan fingerprint density at radius 2 is 1.00 bits per heavy atom. The van der Waals surface area contributed by atoms with E-state index < -0.39 is 29.8 Å². The fourth-order valence-corrected chi connectivity index (χ4v) is 2.90. The molecule has 0 unspecified atom stereocenters. The van der Waals surface area contributed by atoms with Gasteiger partial charge in [0.05, 0.1) is 0 Å². The van der Waals surface area contributed by atoms with Crippen LogP contribution in [0.4, 0.5) is 0 Å². The summed E-state index contributed by atoms with van der Waals surface area (Å²) in [6.07, 6.45) is -0.879. The predicted molar refractivity (Wildman–Crippen MR) is 114 cm³/mol. The van der Waals surface area contributed by atoms with E-state index in [4.69, 9.17) is 11.5 Å². The fourth-order valence-electron chi connectivity index (χ4n) is 2.90. The summed E-state index contributed by atoms with van der Waals surface area (Å²) in [6, 6.07) is 20.7. The third-order valence-electron chi connectivity index (χ3n) is 4.50. The Morgan fingerprint density at radius 1 is 0.581 bits per heavy atom. The van der Waals surface area contributed by atoms with E-state index in [1.807, 2.05) is 0 Å². The van der Waals surface area contributed by atoms with Gasteiger partial charge < -0.3 is 22.1 Å². The molecule has 31 heavy (non-hydrogen) atoms. The van der Waals surface area contributed by atoms with E-state index in [0.29, 0.717) is 5.56 Å². The van der Waals surface area contributed by atoms with E-state index >= 15 is 0 Å². The van der Waals surface area contributed by atoms with Gasteiger partial charge in [-0.3, -0.25) is 19.2 Å². The summed E-state index contributed by atoms with van der Waals surface area (Å²) < 4.78 is 0. The van der Waals surface area contributed by atoms with Crippen molar-refractivity contribution in [2.24, 2.45) is 11.5 Å². The molecule has 0 aliphatic carbocycles. The SMILES string of the molecule is NC(=O)c1cccc(C(=O)NC(NC(=O)c2cccc(C(N)=O)c2)c2ccccc2)c1. The van der Waals surface area contributed by atoms with Gasteiger partial charge >= 0.3 is 0 Å². The van der Waals surface area contributed by atoms with Crippen LogP contribution in [0.2, 0.25) is 0 Å². The molecule has 0 aromatic heterocycles. The Hall–Kier alpha value is -4.46. The second-order valence-electron chi connectivity index (χ2n) is 6.68. The number of primary amides is 2. The Labute approximate surface area is 178 Å². The minimum Gasteiger partial charge on any atom is -0.366 e. The highest BCUT2D eigenvalue weighted by atomic mass is 16.2. The first kappa shape index (κ1) is 21.3. The molecule has 0 heterocycles. The van der Waals surface area contributed by atoms with Gasteiger partial charge in [-0.2, -0.15) is 0 Å². The lowest BCUT2D eigenvalue weighted by molar-refractivity contribution is 0.0882. The Morgan fingerprint density at radius 3 is 1.42 bits per heavy atom. The van der Waals surface area contributed by atoms with Gasteiger partial charge in [-0.15, -0.1) is 0 Å². The lowest BCUT2D eigenvalue weighted by Crippen LogP contribution is -2.41. The van der Waals surface area contributed by atoms with Gasteiger partial charge in [-0.1, -0.05) is 42.5 Å². The minimum absolute atomic E-state index is 0.191. The lowest BCUT2D eigenvalue weighted by atomic mass is 10.1. The third-order valence-corrected chi connectivity index (χ3v) is 4.50. The molecular weight excluding hydrogens is 396 g/mol. The molecule has 156 valence electrons. The topological polar surface area (TPSA) is 144 Å². The van der Waals surface area contributed by atoms with E-state index in [1.54, 1.807) is 42.5 Å². The molecule has 0 aliphatic heterocycles. The molecule has 4 amide bonds. The van der Waals surface area contributed by atoms with Crippen molar-refractivity contribution in [1.29, 1.82) is 0 Å². The van der Waals surface area contributed by atoms with Crippen LogP contribution in [-0.2, 0) is 0 Å². The molecular formula is C23H20N4O4. The number of hydrogen-bond donors (Lipinski definition) is 4. The maximum Gasteiger partial charge on any atom is 0.253 e. The van der Waals surface area contributed by atoms with E-state index in [1.165, 1.54) is 36.4 Å². The summed E-state index contributed by atoms with van der Waals surface area (Å²) in [5, 5.41) is 5.48. The average molecular weight is 416 g/mol. The molecule has 0 radical (unpaired) electrons. The Kier molecular flexibility index (Phi) is 6.42. The van der Waals surface area contributed by atoms with Crippen molar-refractivity contribution in [3.8, 4) is 0 Å². The van der Waals surface area contributed by atoms with Crippen LogP contribution in [-0.4, -0.2) is 23.6 Å². The lowest BCUT2D eigenvalue weighted by Gasteiger charge is -2.21. The molecule has 6 N–H and O–H groups in total. The van der Waals surface area contributed by atoms with Crippen molar-refractivity contribution in [2.75, 3.05) is 0 Å². The van der Waals surface area contributed by atoms with Crippen LogP contribution in [0, 0.1) is 0 Å². The summed E-state index contributed by atoms with van der Waals surface area (Å²) >= 11 is 0. The van der Waals surface area contributed by atoms with Crippen LogP contribution in [0.1, 0.15) is 53.2 Å². The average Bonchev–Trinajstić information content (AvgIpc) is 2.79. The van der Waals surface area contributed by atoms with Gasteiger partial charge in [0, 0.05) is 22.3 Å². The fraction of sp³-hybridized carbons (Fsp3) is 0.0435. The zero-order valence-corrected chi connectivity index (χ0v) is 16.4. The second kappa shape index (κ2) is 9.36. The zero-order valence-electron chi connectivity index (χ0n) is 16.4. The maximum absolute atomic E-state index is 12.8. The van der Waals surface area contributed by atoms with Gasteiger partial charge in [-0.25, -0.2) is 0 Å². The summed E-state index contributed by atoms with van der Waals surface area (Å²) in [4.78, 5) is 48.4. The highest BCUT2D eigenvalue weighted by Gasteiger charge is 2.20. The number of nitrogens with two attached hydrogens (primary N) is 2. The summed E-state index contributed by atoms with van der Waals surface area (Å²) in [6.45, 7) is 0. The van der Waals surface area contributed by atoms with E-state index in [-0.39, 0.29) is 22.3 Å². The number of carbonyl (C=O) groups is 4. The van der Waals surface area contributed by atoms with Crippen LogP contribution in [0.5, 0.6) is 0 Å². The molecule has 0 saturated carbocycles. The molecule has 0 saturated heterocycles. The normalized spacial score (nSPS) is 10.4. The summed E-state index contributed by atoms with van der Waals surface area (Å²) in [5.41, 5.74) is 12.0. The largest absolute Gasteiger partial charge is 0.366 e. The number of nitrogens with one attached hydrogen (secondary N) is 2. The Bertz CT molecular complexity index is 1070. The minimum atomic E-state index is -0.879. The molecule has 8 nitrogen and oxygen atoms in total. The maximum atomic E-state index is 12.8. The van der Waals surface area contributed by atoms with Crippen LogP contribution >= 0.6 is 0 Å². The van der Waals surface area contributed by atoms with E-state index in [9.17, 15) is 19.2 Å². The summed E-state index contributed by atoms with van der Waals surface area (Å²) in [7, 11) is 0. The molecule has 3 aromatic rings. The number of carbonyl (C=O) groups excluding carboxylic acids is 4. The molecule has 0 fully saturated rings. The first-order valence-corrected chi connectivity index (χ1v) is 9.31. The zero-order chi connectivity index (χ0) is 22.4. The van der Waals surface area contributed by atoms with Crippen molar-refractivity contribution in [2.45, 2.75) is 6.17 Å². The highest BCUT2D eigenvalue weighted by Crippen LogP contribution is 2.14. The third kappa shape index (κ3) is 5.33. The van der Waals surface area contributed by atoms with Gasteiger partial charge in [-0.05, 0) is 42.0 Å². The van der Waals surface area contributed by atoms with Crippen LogP contribution in [0.3, 0.4) is 0 Å². The first-order valence-electron chi connectivity index (χ1n) is 9.31. The van der Waals surface area contributed by atoms with Crippen LogP contribution in [0.15, 0.2) is 78.9 Å². The van der Waals surface area contributed by atoms with Gasteiger partial charge in [0.25, 0.3) is 11.8 Å². The molecule has 3 rings (SSSR count). The Balaban J connectivity index is 1.86. The van der Waals surface area contributed by atoms with Gasteiger partial charge in [0.2, 0.25) is 11.8 Å². The molecule has 0 atom stereocenters. The number of rotatable bonds is 7. The predicted octanol–water partition coefficient (Wildman–Crippen LogP) is 1.74. The van der Waals surface area contributed by atoms with Crippen molar-refractivity contribution in [3.63, 3.8) is 0 Å². The van der Waals surface area contributed by atoms with E-state index in [2.05, 4.69) is 10.6 Å². The van der Waals surface area contributed by atoms with Gasteiger partial charge in [0.15, 0.2) is 0 Å². The van der Waals surface area contributed by atoms with Crippen LogP contribution in [0.25, 0.3) is 0 Å². The smallest absolute Gasteiger partial charge is 0.253 e. The molecule has 8 heteroatoms. The standard InChI is InChI=1S/C23H20N4O4/c24-19(28)15-8-4-10-17(12-15)22(30)26-21(14-6-2-1-3-7-14)27-23(31)18-11-5-9-16(13-18)20(25)29/h1-13,21H,(H2,24,28)(H2,25,29)(H,26,30)(H,27,31). The van der Waals surface area contributed by atoms with Crippen LogP contribution < -0.4 is 22.1 Å². The molecule has 0 bridgehead atoms. The van der Waals surface area contributed by atoms with Gasteiger partial charge in [0.1, 0.15) is 6.17 Å². The monoisotopic (exact) mass is 416 g/mol. The van der Waals surface area contributed by atoms with Crippen molar-refractivity contribution in [1.82, 2.24) is 10.6 Å². The summed E-state index contributed by atoms with van der Waals surface area (Å²) in [5.74, 6) is -2.33. The second-order valence-corrected chi connectivity index (χ2v) is 6.68. The highest BCUT2D eigenvalue weighted by molar-refractivity contribution is 6.01. The van der Waals surface area contributed by atoms with E-state index in [0.717, 1.165) is 0 Å². The molecule has 3 aromatic carbocycles. The molecule has 0 spiro atoms. The number of amides is 4.